The maximum Gasteiger partial charge on any atom is 0.326 e. The van der Waals surface area contributed by atoms with Crippen LogP contribution in [0, 0.1) is 0 Å². The molecule has 1 saturated heterocycles. The number of carbonyl (C=O) groups is 1. The molecule has 1 amide bonds. The first-order chi connectivity index (χ1) is 13.6. The fraction of sp³-hybridized carbons (Fsp3) is 0.238. The number of fused-ring (bicyclic) bond motifs is 2. The van der Waals surface area contributed by atoms with Crippen molar-refractivity contribution in [2.45, 2.75) is 18.9 Å². The van der Waals surface area contributed by atoms with Crippen molar-refractivity contribution >= 4 is 43.8 Å². The molecule has 4 aromatic rings. The quantitative estimate of drug-likeness (QED) is 0.505. The summed E-state index contributed by atoms with van der Waals surface area (Å²) in [5.74, 6) is 0.248. The van der Waals surface area contributed by atoms with Crippen LogP contribution in [0.25, 0.3) is 22.0 Å². The summed E-state index contributed by atoms with van der Waals surface area (Å²) in [4.78, 5) is 30.0. The summed E-state index contributed by atoms with van der Waals surface area (Å²) in [5, 5.41) is 0.901. The standard InChI is InChI=1S/C21H18BrN3O3/c22-15-5-3-4-13-12-18(28-19(13)15)20(26)24-10-8-14(9-11-24)25-17-7-2-1-6-16(17)23-21(25)27/h1-7,12,14H,8-11H2,(H,23,27). The minimum absolute atomic E-state index is 0.0810. The monoisotopic (exact) mass is 439 g/mol. The molecule has 142 valence electrons. The Kier molecular flexibility index (Phi) is 4.12. The van der Waals surface area contributed by atoms with Crippen molar-refractivity contribution in [3.8, 4) is 0 Å². The highest BCUT2D eigenvalue weighted by Gasteiger charge is 2.28. The molecule has 2 aromatic carbocycles. The van der Waals surface area contributed by atoms with Gasteiger partial charge >= 0.3 is 5.69 Å². The molecule has 5 rings (SSSR count). The lowest BCUT2D eigenvalue weighted by molar-refractivity contribution is 0.0665. The lowest BCUT2D eigenvalue weighted by Crippen LogP contribution is -2.40. The zero-order valence-corrected chi connectivity index (χ0v) is 16.6. The van der Waals surface area contributed by atoms with Crippen LogP contribution in [0.3, 0.4) is 0 Å². The van der Waals surface area contributed by atoms with Crippen molar-refractivity contribution in [2.24, 2.45) is 0 Å². The molecular formula is C21H18BrN3O3. The summed E-state index contributed by atoms with van der Waals surface area (Å²) in [6.07, 6.45) is 1.47. The zero-order valence-electron chi connectivity index (χ0n) is 15.0. The molecule has 1 aliphatic rings. The van der Waals surface area contributed by atoms with E-state index in [2.05, 4.69) is 20.9 Å². The van der Waals surface area contributed by atoms with E-state index in [-0.39, 0.29) is 17.6 Å². The summed E-state index contributed by atoms with van der Waals surface area (Å²) < 4.78 is 8.45. The number of imidazole rings is 1. The van der Waals surface area contributed by atoms with E-state index >= 15 is 0 Å². The first kappa shape index (κ1) is 17.3. The number of hydrogen-bond donors (Lipinski definition) is 1. The predicted molar refractivity (Wildman–Crippen MR) is 111 cm³/mol. The van der Waals surface area contributed by atoms with Crippen LogP contribution >= 0.6 is 15.9 Å². The maximum atomic E-state index is 12.9. The van der Waals surface area contributed by atoms with Crippen LogP contribution in [0.2, 0.25) is 0 Å². The van der Waals surface area contributed by atoms with Crippen LogP contribution < -0.4 is 5.69 Å². The van der Waals surface area contributed by atoms with E-state index in [1.807, 2.05) is 51.9 Å². The van der Waals surface area contributed by atoms with E-state index in [1.54, 1.807) is 6.07 Å². The number of hydrogen-bond acceptors (Lipinski definition) is 3. The molecule has 1 aliphatic heterocycles. The summed E-state index contributed by atoms with van der Waals surface area (Å²) in [6.45, 7) is 1.18. The normalized spacial score (nSPS) is 15.5. The Labute approximate surface area is 168 Å². The molecule has 1 N–H and O–H groups in total. The van der Waals surface area contributed by atoms with Crippen molar-refractivity contribution in [1.82, 2.24) is 14.5 Å². The van der Waals surface area contributed by atoms with Gasteiger partial charge in [-0.05, 0) is 53.0 Å². The Hall–Kier alpha value is -2.80. The third kappa shape index (κ3) is 2.77. The van der Waals surface area contributed by atoms with Crippen LogP contribution in [0.5, 0.6) is 0 Å². The number of para-hydroxylation sites is 3. The zero-order chi connectivity index (χ0) is 19.3. The lowest BCUT2D eigenvalue weighted by atomic mass is 10.0. The van der Waals surface area contributed by atoms with Gasteiger partial charge in [-0.2, -0.15) is 0 Å². The molecule has 0 radical (unpaired) electrons. The number of nitrogens with one attached hydrogen (secondary N) is 1. The lowest BCUT2D eigenvalue weighted by Gasteiger charge is -2.32. The van der Waals surface area contributed by atoms with Gasteiger partial charge in [-0.15, -0.1) is 0 Å². The topological polar surface area (TPSA) is 71.2 Å². The summed E-state index contributed by atoms with van der Waals surface area (Å²) in [6, 6.07) is 15.3. The van der Waals surface area contributed by atoms with Crippen molar-refractivity contribution in [1.29, 1.82) is 0 Å². The van der Waals surface area contributed by atoms with Gasteiger partial charge in [0.15, 0.2) is 5.76 Å². The summed E-state index contributed by atoms with van der Waals surface area (Å²) >= 11 is 3.46. The van der Waals surface area contributed by atoms with Crippen LogP contribution in [0.1, 0.15) is 29.4 Å². The molecule has 7 heteroatoms. The van der Waals surface area contributed by atoms with E-state index in [0.29, 0.717) is 24.4 Å². The number of benzene rings is 2. The fourth-order valence-electron chi connectivity index (χ4n) is 4.05. The van der Waals surface area contributed by atoms with Gasteiger partial charge in [0.1, 0.15) is 5.58 Å². The molecule has 28 heavy (non-hydrogen) atoms. The molecular weight excluding hydrogens is 422 g/mol. The second-order valence-corrected chi connectivity index (χ2v) is 7.96. The van der Waals surface area contributed by atoms with Gasteiger partial charge in [0.25, 0.3) is 5.91 Å². The fourth-order valence-corrected chi connectivity index (χ4v) is 4.52. The molecule has 0 saturated carbocycles. The number of amides is 1. The second kappa shape index (κ2) is 6.67. The highest BCUT2D eigenvalue weighted by atomic mass is 79.9. The predicted octanol–water partition coefficient (Wildman–Crippen LogP) is 4.32. The Morgan fingerprint density at radius 2 is 1.89 bits per heavy atom. The third-order valence-electron chi connectivity index (χ3n) is 5.45. The Morgan fingerprint density at radius 1 is 1.11 bits per heavy atom. The average molecular weight is 440 g/mol. The van der Waals surface area contributed by atoms with E-state index in [4.69, 9.17) is 4.42 Å². The number of aromatic nitrogens is 2. The number of furan rings is 1. The van der Waals surface area contributed by atoms with Gasteiger partial charge in [0, 0.05) is 24.5 Å². The minimum Gasteiger partial charge on any atom is -0.450 e. The van der Waals surface area contributed by atoms with E-state index in [9.17, 15) is 9.59 Å². The van der Waals surface area contributed by atoms with E-state index in [1.165, 1.54) is 0 Å². The average Bonchev–Trinajstić information content (AvgIpc) is 3.29. The number of piperidine rings is 1. The Bertz CT molecular complexity index is 1240. The van der Waals surface area contributed by atoms with Gasteiger partial charge in [0.2, 0.25) is 0 Å². The van der Waals surface area contributed by atoms with E-state index in [0.717, 1.165) is 33.7 Å². The Balaban J connectivity index is 1.36. The van der Waals surface area contributed by atoms with Gasteiger partial charge in [-0.1, -0.05) is 24.3 Å². The van der Waals surface area contributed by atoms with Gasteiger partial charge in [-0.3, -0.25) is 9.36 Å². The molecule has 6 nitrogen and oxygen atoms in total. The van der Waals surface area contributed by atoms with Gasteiger partial charge in [-0.25, -0.2) is 4.79 Å². The van der Waals surface area contributed by atoms with Crippen LogP contribution in [0.4, 0.5) is 0 Å². The van der Waals surface area contributed by atoms with Crippen molar-refractivity contribution in [2.75, 3.05) is 13.1 Å². The number of nitrogens with zero attached hydrogens (tertiary/aromatic N) is 2. The smallest absolute Gasteiger partial charge is 0.326 e. The SMILES string of the molecule is O=C(c1cc2cccc(Br)c2o1)N1CCC(n2c(=O)[nH]c3ccccc32)CC1. The molecule has 0 spiro atoms. The van der Waals surface area contributed by atoms with Crippen molar-refractivity contribution in [3.63, 3.8) is 0 Å². The first-order valence-electron chi connectivity index (χ1n) is 9.28. The molecule has 1 fully saturated rings. The van der Waals surface area contributed by atoms with Crippen LogP contribution in [-0.2, 0) is 0 Å². The number of likely N-dealkylation sites (tertiary alicyclic amines) is 1. The largest absolute Gasteiger partial charge is 0.450 e. The second-order valence-electron chi connectivity index (χ2n) is 7.11. The van der Waals surface area contributed by atoms with Gasteiger partial charge < -0.3 is 14.3 Å². The number of aromatic amines is 1. The van der Waals surface area contributed by atoms with E-state index < -0.39 is 0 Å². The van der Waals surface area contributed by atoms with Crippen LogP contribution in [0.15, 0.2) is 62.2 Å². The van der Waals surface area contributed by atoms with Gasteiger partial charge in [0.05, 0.1) is 15.5 Å². The molecule has 0 bridgehead atoms. The van der Waals surface area contributed by atoms with Crippen molar-refractivity contribution < 1.29 is 9.21 Å². The molecule has 0 unspecified atom stereocenters. The molecule has 0 aliphatic carbocycles. The minimum atomic E-state index is -0.104. The highest BCUT2D eigenvalue weighted by molar-refractivity contribution is 9.10. The van der Waals surface area contributed by atoms with Crippen molar-refractivity contribution in [3.05, 3.63) is 69.2 Å². The summed E-state index contributed by atoms with van der Waals surface area (Å²) in [5.41, 5.74) is 2.36. The Morgan fingerprint density at radius 3 is 2.68 bits per heavy atom. The highest BCUT2D eigenvalue weighted by Crippen LogP contribution is 2.29. The molecule has 2 aromatic heterocycles. The number of H-pyrrole nitrogens is 1. The summed E-state index contributed by atoms with van der Waals surface area (Å²) in [7, 11) is 0. The molecule has 0 atom stereocenters. The number of rotatable bonds is 2. The maximum absolute atomic E-state index is 12.9. The number of carbonyl (C=O) groups excluding carboxylic acids is 1. The first-order valence-corrected chi connectivity index (χ1v) is 10.1. The van der Waals surface area contributed by atoms with Crippen LogP contribution in [-0.4, -0.2) is 33.4 Å². The number of halogens is 1. The third-order valence-corrected chi connectivity index (χ3v) is 6.07. The molecule has 3 heterocycles.